The van der Waals surface area contributed by atoms with E-state index in [0.717, 1.165) is 59.8 Å². The third-order valence-electron chi connectivity index (χ3n) is 14.4. The summed E-state index contributed by atoms with van der Waals surface area (Å²) in [6, 6.07) is 20.1. The monoisotopic (exact) mass is 772 g/mol. The fourth-order valence-electron chi connectivity index (χ4n) is 10.7. The minimum absolute atomic E-state index is 0.373. The lowest BCUT2D eigenvalue weighted by molar-refractivity contribution is 0.165. The van der Waals surface area contributed by atoms with E-state index in [4.69, 9.17) is 0 Å². The highest BCUT2D eigenvalue weighted by molar-refractivity contribution is 5.65. The van der Waals surface area contributed by atoms with Gasteiger partial charge in [-0.15, -0.1) is 0 Å². The van der Waals surface area contributed by atoms with Crippen LogP contribution in [0.1, 0.15) is 140 Å². The van der Waals surface area contributed by atoms with Crippen molar-refractivity contribution >= 4 is 0 Å². The number of halogens is 6. The predicted molar refractivity (Wildman–Crippen MR) is 215 cm³/mol. The molecule has 0 aromatic heterocycles. The molecule has 0 nitrogen and oxygen atoms in total. The van der Waals surface area contributed by atoms with Crippen LogP contribution in [-0.4, -0.2) is 0 Å². The van der Waals surface area contributed by atoms with E-state index in [1.807, 2.05) is 24.3 Å². The molecule has 0 aliphatic heterocycles. The highest BCUT2D eigenvalue weighted by Crippen LogP contribution is 2.45. The van der Waals surface area contributed by atoms with Gasteiger partial charge in [-0.25, -0.2) is 26.3 Å². The molecule has 4 saturated carbocycles. The Morgan fingerprint density at radius 2 is 0.571 bits per heavy atom. The molecule has 0 radical (unpaired) electrons. The Labute approximate surface area is 330 Å². The summed E-state index contributed by atoms with van der Waals surface area (Å²) in [6.07, 6.45) is 21.5. The molecule has 6 heteroatoms. The Morgan fingerprint density at radius 1 is 0.321 bits per heavy atom. The Kier molecular flexibility index (Phi) is 13.3. The van der Waals surface area contributed by atoms with E-state index < -0.39 is 34.9 Å². The summed E-state index contributed by atoms with van der Waals surface area (Å²) in [7, 11) is 0. The molecular weight excluding hydrogens is 715 g/mol. The van der Waals surface area contributed by atoms with Gasteiger partial charge in [0, 0.05) is 0 Å². The summed E-state index contributed by atoms with van der Waals surface area (Å²) in [5, 5.41) is 0. The number of benzene rings is 4. The fraction of sp³-hybridized carbons (Fsp3) is 0.520. The van der Waals surface area contributed by atoms with Crippen LogP contribution in [0.25, 0.3) is 22.3 Å². The molecule has 0 spiro atoms. The van der Waals surface area contributed by atoms with E-state index >= 15 is 0 Å². The van der Waals surface area contributed by atoms with Crippen LogP contribution in [0, 0.1) is 70.4 Å². The molecule has 0 saturated heterocycles. The second-order valence-electron chi connectivity index (χ2n) is 18.0. The van der Waals surface area contributed by atoms with Crippen LogP contribution in [0.2, 0.25) is 0 Å². The lowest BCUT2D eigenvalue weighted by Gasteiger charge is -2.37. The van der Waals surface area contributed by atoms with E-state index in [0.29, 0.717) is 34.1 Å². The zero-order valence-electron chi connectivity index (χ0n) is 33.1. The highest BCUT2D eigenvalue weighted by atomic mass is 19.2. The van der Waals surface area contributed by atoms with E-state index in [1.54, 1.807) is 0 Å². The summed E-state index contributed by atoms with van der Waals surface area (Å²) in [4.78, 5) is 0. The summed E-state index contributed by atoms with van der Waals surface area (Å²) in [5.41, 5.74) is 4.79. The van der Waals surface area contributed by atoms with Crippen molar-refractivity contribution in [3.8, 4) is 22.3 Å². The van der Waals surface area contributed by atoms with Gasteiger partial charge in [-0.3, -0.25) is 0 Å². The summed E-state index contributed by atoms with van der Waals surface area (Å²) in [5.74, 6) is -0.763. The van der Waals surface area contributed by atoms with Crippen molar-refractivity contribution in [2.24, 2.45) is 35.5 Å². The predicted octanol–water partition coefficient (Wildman–Crippen LogP) is 15.7. The van der Waals surface area contributed by atoms with Gasteiger partial charge in [-0.2, -0.15) is 0 Å². The van der Waals surface area contributed by atoms with Crippen molar-refractivity contribution in [2.45, 2.75) is 128 Å². The van der Waals surface area contributed by atoms with Gasteiger partial charge in [0.15, 0.2) is 34.9 Å². The van der Waals surface area contributed by atoms with Crippen molar-refractivity contribution in [1.29, 1.82) is 0 Å². The van der Waals surface area contributed by atoms with Crippen molar-refractivity contribution in [1.82, 2.24) is 0 Å². The molecule has 4 aromatic rings. The Bertz CT molecular complexity index is 1680. The lowest BCUT2D eigenvalue weighted by Crippen LogP contribution is -2.24. The molecule has 0 N–H and O–H groups in total. The standard InChI is InChI=1S/2C25H29F3/c2*1-16-2-4-17(5-3-16)18-6-8-19(9-7-18)20-10-12-21(13-11-20)22-14-23(26)25(28)24(27)15-22/h2*10-19H,2-9H2,1H3. The molecule has 0 bridgehead atoms. The van der Waals surface area contributed by atoms with E-state index in [9.17, 15) is 26.3 Å². The van der Waals surface area contributed by atoms with Crippen LogP contribution in [-0.2, 0) is 0 Å². The fourth-order valence-corrected chi connectivity index (χ4v) is 10.7. The molecule has 0 amide bonds. The van der Waals surface area contributed by atoms with Crippen molar-refractivity contribution in [2.75, 3.05) is 0 Å². The van der Waals surface area contributed by atoms with Gasteiger partial charge in [0.05, 0.1) is 0 Å². The second kappa shape index (κ2) is 18.4. The average molecular weight is 773 g/mol. The maximum Gasteiger partial charge on any atom is 0.194 e. The quantitative estimate of drug-likeness (QED) is 0.135. The first-order chi connectivity index (χ1) is 27.0. The number of hydrogen-bond acceptors (Lipinski definition) is 0. The van der Waals surface area contributed by atoms with E-state index in [1.165, 1.54) is 114 Å². The molecule has 4 fully saturated rings. The Balaban J connectivity index is 0.000000172. The molecule has 4 aliphatic rings. The van der Waals surface area contributed by atoms with Crippen molar-refractivity contribution in [3.63, 3.8) is 0 Å². The molecule has 0 unspecified atom stereocenters. The minimum Gasteiger partial charge on any atom is -0.204 e. The Hall–Kier alpha value is -3.54. The molecule has 8 rings (SSSR count). The van der Waals surface area contributed by atoms with Crippen molar-refractivity contribution < 1.29 is 26.3 Å². The summed E-state index contributed by atoms with van der Waals surface area (Å²) >= 11 is 0. The van der Waals surface area contributed by atoms with Gasteiger partial charge in [0.1, 0.15) is 0 Å². The Morgan fingerprint density at radius 3 is 0.839 bits per heavy atom. The highest BCUT2D eigenvalue weighted by Gasteiger charge is 2.32. The third kappa shape index (κ3) is 9.76. The van der Waals surface area contributed by atoms with Crippen LogP contribution < -0.4 is 0 Å². The second-order valence-corrected chi connectivity index (χ2v) is 18.0. The summed E-state index contributed by atoms with van der Waals surface area (Å²) in [6.45, 7) is 4.76. The third-order valence-corrected chi connectivity index (χ3v) is 14.4. The van der Waals surface area contributed by atoms with Gasteiger partial charge >= 0.3 is 0 Å². The normalized spacial score (nSPS) is 28.3. The zero-order valence-corrected chi connectivity index (χ0v) is 33.1. The molecule has 56 heavy (non-hydrogen) atoms. The zero-order chi connectivity index (χ0) is 39.3. The van der Waals surface area contributed by atoms with Crippen molar-refractivity contribution in [3.05, 3.63) is 119 Å². The van der Waals surface area contributed by atoms with Crippen LogP contribution in [0.4, 0.5) is 26.3 Å². The van der Waals surface area contributed by atoms with Gasteiger partial charge in [0.2, 0.25) is 0 Å². The van der Waals surface area contributed by atoms with E-state index in [-0.39, 0.29) is 0 Å². The van der Waals surface area contributed by atoms with E-state index in [2.05, 4.69) is 38.1 Å². The SMILES string of the molecule is CC1CCC(C2CCC(c3ccc(-c4cc(F)c(F)c(F)c4)cc3)CC2)CC1.CC1CCC(C2CCC(c3ccc(-c4cc(F)c(F)c(F)c4)cc3)CC2)CC1. The average Bonchev–Trinajstić information content (AvgIpc) is 3.23. The first-order valence-corrected chi connectivity index (χ1v) is 21.5. The van der Waals surface area contributed by atoms with Crippen LogP contribution in [0.15, 0.2) is 72.8 Å². The van der Waals surface area contributed by atoms with Crippen LogP contribution in [0.3, 0.4) is 0 Å². The van der Waals surface area contributed by atoms with Gasteiger partial charge in [-0.05, 0) is 182 Å². The first kappa shape index (κ1) is 40.6. The molecular formula is C50H58F6. The van der Waals surface area contributed by atoms with Crippen LogP contribution >= 0.6 is 0 Å². The molecule has 4 aromatic carbocycles. The molecule has 300 valence electrons. The molecule has 0 heterocycles. The number of hydrogen-bond donors (Lipinski definition) is 0. The maximum absolute atomic E-state index is 13.5. The maximum atomic E-state index is 13.5. The first-order valence-electron chi connectivity index (χ1n) is 21.5. The lowest BCUT2D eigenvalue weighted by atomic mass is 9.68. The van der Waals surface area contributed by atoms with Gasteiger partial charge in [0.25, 0.3) is 0 Å². The van der Waals surface area contributed by atoms with Gasteiger partial charge < -0.3 is 0 Å². The van der Waals surface area contributed by atoms with Crippen LogP contribution in [0.5, 0.6) is 0 Å². The summed E-state index contributed by atoms with van der Waals surface area (Å²) < 4.78 is 80.3. The minimum atomic E-state index is -1.41. The largest absolute Gasteiger partial charge is 0.204 e. The molecule has 0 atom stereocenters. The topological polar surface area (TPSA) is 0 Å². The number of rotatable bonds is 6. The van der Waals surface area contributed by atoms with Gasteiger partial charge in [-0.1, -0.05) is 88.1 Å². The smallest absolute Gasteiger partial charge is 0.194 e. The molecule has 4 aliphatic carbocycles.